The number of aliphatic hydroxyl groups is 1. The third-order valence-corrected chi connectivity index (χ3v) is 2.73. The summed E-state index contributed by atoms with van der Waals surface area (Å²) < 4.78 is 0. The molecule has 2 rings (SSSR count). The molecule has 0 radical (unpaired) electrons. The molecule has 1 amide bonds. The zero-order valence-electron chi connectivity index (χ0n) is 9.80. The topological polar surface area (TPSA) is 115 Å². The number of rotatable bonds is 3. The predicted molar refractivity (Wildman–Crippen MR) is 67.4 cm³/mol. The molecule has 18 heavy (non-hydrogen) atoms. The molecule has 0 saturated heterocycles. The Balaban J connectivity index is 2.35. The lowest BCUT2D eigenvalue weighted by molar-refractivity contribution is -0.120. The molecule has 0 fully saturated rings. The first kappa shape index (κ1) is 12.3. The van der Waals surface area contributed by atoms with Crippen LogP contribution in [0.1, 0.15) is 0 Å². The van der Waals surface area contributed by atoms with Crippen LogP contribution in [0.2, 0.25) is 0 Å². The van der Waals surface area contributed by atoms with Gasteiger partial charge < -0.3 is 25.7 Å². The van der Waals surface area contributed by atoms with Gasteiger partial charge >= 0.3 is 5.69 Å². The van der Waals surface area contributed by atoms with Crippen LogP contribution in [0.5, 0.6) is 0 Å². The third-order valence-electron chi connectivity index (χ3n) is 2.73. The minimum absolute atomic E-state index is 0.303. The van der Waals surface area contributed by atoms with Crippen LogP contribution in [0.15, 0.2) is 23.0 Å². The summed E-state index contributed by atoms with van der Waals surface area (Å²) in [5.41, 5.74) is 7.02. The molecule has 1 unspecified atom stereocenters. The molecule has 96 valence electrons. The quantitative estimate of drug-likeness (QED) is 0.567. The summed E-state index contributed by atoms with van der Waals surface area (Å²) >= 11 is 0. The molecule has 2 aromatic rings. The second-order valence-electron chi connectivity index (χ2n) is 4.00. The molecule has 0 aliphatic heterocycles. The number of anilines is 1. The fraction of sp³-hybridized carbons (Fsp3) is 0.273. The van der Waals surface area contributed by atoms with Crippen molar-refractivity contribution < 1.29 is 9.90 Å². The SMILES string of the molecule is CN(C(=O)C(N)CO)c1ccc2[nH]c(=O)[nH]c2c1. The van der Waals surface area contributed by atoms with Crippen LogP contribution in [-0.4, -0.2) is 40.7 Å². The van der Waals surface area contributed by atoms with Crippen LogP contribution in [-0.2, 0) is 4.79 Å². The molecule has 0 aliphatic rings. The summed E-state index contributed by atoms with van der Waals surface area (Å²) in [7, 11) is 1.56. The van der Waals surface area contributed by atoms with Gasteiger partial charge in [0.2, 0.25) is 5.91 Å². The van der Waals surface area contributed by atoms with Crippen molar-refractivity contribution >= 4 is 22.6 Å². The van der Waals surface area contributed by atoms with Gasteiger partial charge in [-0.1, -0.05) is 0 Å². The number of carbonyl (C=O) groups excluding carboxylic acids is 1. The molecule has 0 aliphatic carbocycles. The summed E-state index contributed by atoms with van der Waals surface area (Å²) in [6, 6.07) is 4.09. The van der Waals surface area contributed by atoms with Crippen LogP contribution >= 0.6 is 0 Å². The number of benzene rings is 1. The van der Waals surface area contributed by atoms with E-state index >= 15 is 0 Å². The van der Waals surface area contributed by atoms with Crippen molar-refractivity contribution in [3.05, 3.63) is 28.7 Å². The molecule has 7 nitrogen and oxygen atoms in total. The normalized spacial score (nSPS) is 12.6. The van der Waals surface area contributed by atoms with E-state index < -0.39 is 18.6 Å². The zero-order valence-corrected chi connectivity index (χ0v) is 9.80. The third kappa shape index (κ3) is 2.13. The van der Waals surface area contributed by atoms with Crippen LogP contribution in [0.4, 0.5) is 5.69 Å². The number of hydrogen-bond donors (Lipinski definition) is 4. The fourth-order valence-corrected chi connectivity index (χ4v) is 1.68. The minimum Gasteiger partial charge on any atom is -0.394 e. The van der Waals surface area contributed by atoms with E-state index in [0.717, 1.165) is 0 Å². The summed E-state index contributed by atoms with van der Waals surface area (Å²) in [4.78, 5) is 29.4. The van der Waals surface area contributed by atoms with E-state index in [1.165, 1.54) is 4.90 Å². The van der Waals surface area contributed by atoms with Crippen molar-refractivity contribution in [1.82, 2.24) is 9.97 Å². The van der Waals surface area contributed by atoms with Crippen LogP contribution in [0.3, 0.4) is 0 Å². The summed E-state index contributed by atoms with van der Waals surface area (Å²) in [5.74, 6) is -0.394. The maximum Gasteiger partial charge on any atom is 0.323 e. The highest BCUT2D eigenvalue weighted by molar-refractivity contribution is 5.98. The Morgan fingerprint density at radius 3 is 2.78 bits per heavy atom. The van der Waals surface area contributed by atoms with E-state index in [9.17, 15) is 9.59 Å². The van der Waals surface area contributed by atoms with Gasteiger partial charge in [-0.2, -0.15) is 0 Å². The van der Waals surface area contributed by atoms with Crippen molar-refractivity contribution in [2.75, 3.05) is 18.6 Å². The Labute approximate surface area is 102 Å². The molecule has 5 N–H and O–H groups in total. The van der Waals surface area contributed by atoms with Gasteiger partial charge in [0.1, 0.15) is 6.04 Å². The highest BCUT2D eigenvalue weighted by Gasteiger charge is 2.18. The number of hydrogen-bond acceptors (Lipinski definition) is 4. The molecule has 1 atom stereocenters. The average Bonchev–Trinajstić information content (AvgIpc) is 2.74. The lowest BCUT2D eigenvalue weighted by atomic mass is 10.2. The van der Waals surface area contributed by atoms with E-state index in [-0.39, 0.29) is 5.69 Å². The summed E-state index contributed by atoms with van der Waals surface area (Å²) in [5, 5.41) is 8.85. The van der Waals surface area contributed by atoms with Crippen LogP contribution in [0.25, 0.3) is 11.0 Å². The number of nitrogens with two attached hydrogens (primary N) is 1. The number of nitrogens with one attached hydrogen (secondary N) is 2. The lowest BCUT2D eigenvalue weighted by Crippen LogP contribution is -2.44. The number of fused-ring (bicyclic) bond motifs is 1. The average molecular weight is 250 g/mol. The number of aromatic amines is 2. The summed E-state index contributed by atoms with van der Waals surface area (Å²) in [6.07, 6.45) is 0. The van der Waals surface area contributed by atoms with E-state index in [0.29, 0.717) is 16.7 Å². The van der Waals surface area contributed by atoms with Crippen molar-refractivity contribution in [3.63, 3.8) is 0 Å². The van der Waals surface area contributed by atoms with Crippen LogP contribution in [0, 0.1) is 0 Å². The highest BCUT2D eigenvalue weighted by Crippen LogP contribution is 2.18. The molecule has 1 aromatic carbocycles. The molecule has 1 aromatic heterocycles. The molecule has 0 bridgehead atoms. The number of nitrogens with zero attached hydrogens (tertiary/aromatic N) is 1. The smallest absolute Gasteiger partial charge is 0.323 e. The predicted octanol–water partition coefficient (Wildman–Crippen LogP) is -0.861. The Morgan fingerprint density at radius 1 is 1.44 bits per heavy atom. The van der Waals surface area contributed by atoms with E-state index in [2.05, 4.69) is 9.97 Å². The standard InChI is InChI=1S/C11H14N4O3/c1-15(10(17)7(12)5-16)6-2-3-8-9(4-6)14-11(18)13-8/h2-4,7,16H,5,12H2,1H3,(H2,13,14,18). The first-order valence-corrected chi connectivity index (χ1v) is 5.39. The fourth-order valence-electron chi connectivity index (χ4n) is 1.68. The highest BCUT2D eigenvalue weighted by atomic mass is 16.3. The number of aromatic nitrogens is 2. The Bertz CT molecular complexity index is 630. The zero-order chi connectivity index (χ0) is 13.3. The molecule has 0 spiro atoms. The minimum atomic E-state index is -0.948. The van der Waals surface area contributed by atoms with E-state index in [4.69, 9.17) is 10.8 Å². The number of aliphatic hydroxyl groups excluding tert-OH is 1. The van der Waals surface area contributed by atoms with Crippen molar-refractivity contribution in [3.8, 4) is 0 Å². The van der Waals surface area contributed by atoms with Gasteiger partial charge in [0.05, 0.1) is 17.6 Å². The number of H-pyrrole nitrogens is 2. The summed E-state index contributed by atoms with van der Waals surface area (Å²) in [6.45, 7) is -0.410. The lowest BCUT2D eigenvalue weighted by Gasteiger charge is -2.20. The largest absolute Gasteiger partial charge is 0.394 e. The van der Waals surface area contributed by atoms with Crippen molar-refractivity contribution in [1.29, 1.82) is 0 Å². The molecule has 1 heterocycles. The van der Waals surface area contributed by atoms with Crippen molar-refractivity contribution in [2.45, 2.75) is 6.04 Å². The van der Waals surface area contributed by atoms with Crippen molar-refractivity contribution in [2.24, 2.45) is 5.73 Å². The van der Waals surface area contributed by atoms with Gasteiger partial charge in [0, 0.05) is 12.7 Å². The molecular weight excluding hydrogens is 236 g/mol. The maximum atomic E-state index is 11.8. The van der Waals surface area contributed by atoms with Gasteiger partial charge in [-0.25, -0.2) is 4.79 Å². The number of likely N-dealkylation sites (N-methyl/N-ethyl adjacent to an activating group) is 1. The second kappa shape index (κ2) is 4.63. The van der Waals surface area contributed by atoms with Gasteiger partial charge in [-0.15, -0.1) is 0 Å². The van der Waals surface area contributed by atoms with Gasteiger partial charge in [0.15, 0.2) is 0 Å². The number of carbonyl (C=O) groups is 1. The number of amides is 1. The molecule has 0 saturated carbocycles. The maximum absolute atomic E-state index is 11.8. The van der Waals surface area contributed by atoms with Gasteiger partial charge in [-0.3, -0.25) is 4.79 Å². The Hall–Kier alpha value is -2.12. The Kier molecular flexibility index (Phi) is 3.17. The van der Waals surface area contributed by atoms with E-state index in [1.807, 2.05) is 0 Å². The van der Waals surface area contributed by atoms with Crippen LogP contribution < -0.4 is 16.3 Å². The number of imidazole rings is 1. The Morgan fingerprint density at radius 2 is 2.11 bits per heavy atom. The first-order chi connectivity index (χ1) is 8.52. The first-order valence-electron chi connectivity index (χ1n) is 5.39. The second-order valence-corrected chi connectivity index (χ2v) is 4.00. The molecular formula is C11H14N4O3. The van der Waals surface area contributed by atoms with Gasteiger partial charge in [-0.05, 0) is 18.2 Å². The van der Waals surface area contributed by atoms with Gasteiger partial charge in [0.25, 0.3) is 0 Å². The van der Waals surface area contributed by atoms with E-state index in [1.54, 1.807) is 25.2 Å². The molecule has 7 heteroatoms. The monoisotopic (exact) mass is 250 g/mol.